The van der Waals surface area contributed by atoms with Crippen LogP contribution in [0.2, 0.25) is 0 Å². The van der Waals surface area contributed by atoms with Gasteiger partial charge in [-0.15, -0.1) is 0 Å². The lowest BCUT2D eigenvalue weighted by molar-refractivity contribution is -0.202. The lowest BCUT2D eigenvalue weighted by atomic mass is 9.72. The molecule has 94 valence electrons. The number of hydrogen-bond donors (Lipinski definition) is 1. The molecule has 1 atom stereocenters. The van der Waals surface area contributed by atoms with Crippen LogP contribution in [-0.4, -0.2) is 18.4 Å². The van der Waals surface area contributed by atoms with Crippen LogP contribution in [0.4, 0.5) is 0 Å². The molecule has 0 amide bonds. The maximum atomic E-state index is 6.31. The van der Waals surface area contributed by atoms with Gasteiger partial charge < -0.3 is 4.74 Å². The third-order valence-corrected chi connectivity index (χ3v) is 4.78. The zero-order valence-corrected chi connectivity index (χ0v) is 11.5. The van der Waals surface area contributed by atoms with E-state index in [4.69, 9.17) is 4.74 Å². The van der Waals surface area contributed by atoms with E-state index in [1.807, 2.05) is 0 Å². The average molecular weight is 225 g/mol. The summed E-state index contributed by atoms with van der Waals surface area (Å²) in [6.07, 6.45) is 5.23. The molecule has 1 aliphatic carbocycles. The van der Waals surface area contributed by atoms with Crippen LogP contribution in [0.3, 0.4) is 0 Å². The summed E-state index contributed by atoms with van der Waals surface area (Å²) >= 11 is 0. The molecule has 1 aliphatic heterocycles. The van der Waals surface area contributed by atoms with E-state index in [1.54, 1.807) is 0 Å². The van der Waals surface area contributed by atoms with Crippen LogP contribution in [0.25, 0.3) is 0 Å². The van der Waals surface area contributed by atoms with Crippen LogP contribution in [0.5, 0.6) is 0 Å². The second-order valence-electron chi connectivity index (χ2n) is 7.26. The molecule has 1 spiro atoms. The third-order valence-electron chi connectivity index (χ3n) is 4.78. The van der Waals surface area contributed by atoms with Gasteiger partial charge in [-0.2, -0.15) is 0 Å². The second-order valence-corrected chi connectivity index (χ2v) is 7.26. The van der Waals surface area contributed by atoms with Gasteiger partial charge in [0, 0.05) is 12.0 Å². The van der Waals surface area contributed by atoms with Gasteiger partial charge in [0.1, 0.15) is 5.72 Å². The largest absolute Gasteiger partial charge is 0.357 e. The molecule has 0 aromatic heterocycles. The number of hydrogen-bond acceptors (Lipinski definition) is 2. The maximum Gasteiger partial charge on any atom is 0.119 e. The predicted molar refractivity (Wildman–Crippen MR) is 67.3 cm³/mol. The Balaban J connectivity index is 2.02. The first-order chi connectivity index (χ1) is 7.25. The SMILES string of the molecule is CC1OC2(CCC(C)(C)CC2)NCC1(C)C. The Labute approximate surface area is 100 Å². The van der Waals surface area contributed by atoms with Crippen molar-refractivity contribution in [2.75, 3.05) is 6.54 Å². The van der Waals surface area contributed by atoms with E-state index < -0.39 is 0 Å². The highest BCUT2D eigenvalue weighted by atomic mass is 16.5. The zero-order chi connectivity index (χ0) is 12.0. The van der Waals surface area contributed by atoms with Crippen LogP contribution in [0, 0.1) is 10.8 Å². The van der Waals surface area contributed by atoms with Crippen LogP contribution >= 0.6 is 0 Å². The highest BCUT2D eigenvalue weighted by molar-refractivity contribution is 4.96. The standard InChI is InChI=1S/C14H27NO/c1-11-13(4,5)10-15-14(16-11)8-6-12(2,3)7-9-14/h11,15H,6-10H2,1-5H3. The fraction of sp³-hybridized carbons (Fsp3) is 1.00. The minimum Gasteiger partial charge on any atom is -0.357 e. The van der Waals surface area contributed by atoms with Crippen molar-refractivity contribution in [1.82, 2.24) is 5.32 Å². The highest BCUT2D eigenvalue weighted by Crippen LogP contribution is 2.44. The summed E-state index contributed by atoms with van der Waals surface area (Å²) in [5, 5.41) is 3.67. The van der Waals surface area contributed by atoms with Crippen molar-refractivity contribution >= 4 is 0 Å². The molecule has 1 N–H and O–H groups in total. The Bertz CT molecular complexity index is 254. The van der Waals surface area contributed by atoms with Crippen LogP contribution in [-0.2, 0) is 4.74 Å². The van der Waals surface area contributed by atoms with Gasteiger partial charge in [0.05, 0.1) is 6.10 Å². The monoisotopic (exact) mass is 225 g/mol. The topological polar surface area (TPSA) is 21.3 Å². The van der Waals surface area contributed by atoms with Crippen molar-refractivity contribution in [2.24, 2.45) is 10.8 Å². The fourth-order valence-electron chi connectivity index (χ4n) is 2.70. The van der Waals surface area contributed by atoms with Gasteiger partial charge in [-0.25, -0.2) is 0 Å². The summed E-state index contributed by atoms with van der Waals surface area (Å²) < 4.78 is 6.31. The van der Waals surface area contributed by atoms with Crippen LogP contribution in [0.15, 0.2) is 0 Å². The first-order valence-electron chi connectivity index (χ1n) is 6.68. The molecular formula is C14H27NO. The van der Waals surface area contributed by atoms with E-state index >= 15 is 0 Å². The van der Waals surface area contributed by atoms with Crippen molar-refractivity contribution in [3.8, 4) is 0 Å². The summed E-state index contributed by atoms with van der Waals surface area (Å²) in [4.78, 5) is 0. The van der Waals surface area contributed by atoms with Gasteiger partial charge in [-0.3, -0.25) is 5.32 Å². The Morgan fingerprint density at radius 3 is 2.06 bits per heavy atom. The minimum absolute atomic E-state index is 0.00947. The Hall–Kier alpha value is -0.0800. The van der Waals surface area contributed by atoms with Gasteiger partial charge in [0.15, 0.2) is 0 Å². The molecule has 1 unspecified atom stereocenters. The van der Waals surface area contributed by atoms with Gasteiger partial charge in [-0.05, 0) is 38.0 Å². The molecule has 2 rings (SSSR count). The molecule has 2 aliphatic rings. The minimum atomic E-state index is -0.00947. The molecule has 1 heterocycles. The molecule has 0 radical (unpaired) electrons. The summed E-state index contributed by atoms with van der Waals surface area (Å²) in [6, 6.07) is 0. The van der Waals surface area contributed by atoms with Gasteiger partial charge in [-0.1, -0.05) is 27.7 Å². The Morgan fingerprint density at radius 1 is 1.00 bits per heavy atom. The molecule has 0 aromatic carbocycles. The van der Waals surface area contributed by atoms with Crippen molar-refractivity contribution < 1.29 is 4.74 Å². The zero-order valence-electron chi connectivity index (χ0n) is 11.5. The molecule has 16 heavy (non-hydrogen) atoms. The van der Waals surface area contributed by atoms with E-state index in [0.29, 0.717) is 11.5 Å². The van der Waals surface area contributed by atoms with E-state index in [-0.39, 0.29) is 11.1 Å². The molecule has 2 heteroatoms. The smallest absolute Gasteiger partial charge is 0.119 e. The molecule has 1 saturated carbocycles. The Kier molecular flexibility index (Phi) is 2.87. The van der Waals surface area contributed by atoms with E-state index in [9.17, 15) is 0 Å². The fourth-order valence-corrected chi connectivity index (χ4v) is 2.70. The van der Waals surface area contributed by atoms with Gasteiger partial charge in [0.25, 0.3) is 0 Å². The predicted octanol–water partition coefficient (Wildman–Crippen LogP) is 3.32. The van der Waals surface area contributed by atoms with Crippen LogP contribution < -0.4 is 5.32 Å². The number of rotatable bonds is 0. The summed E-state index contributed by atoms with van der Waals surface area (Å²) in [5.74, 6) is 0. The molecule has 0 bridgehead atoms. The second kappa shape index (κ2) is 3.71. The van der Waals surface area contributed by atoms with Crippen molar-refractivity contribution in [3.05, 3.63) is 0 Å². The summed E-state index contributed by atoms with van der Waals surface area (Å²) in [5.41, 5.74) is 0.759. The maximum absolute atomic E-state index is 6.31. The lowest BCUT2D eigenvalue weighted by Gasteiger charge is -2.52. The average Bonchev–Trinajstić information content (AvgIpc) is 2.18. The van der Waals surface area contributed by atoms with Gasteiger partial charge >= 0.3 is 0 Å². The first kappa shape index (κ1) is 12.4. The van der Waals surface area contributed by atoms with E-state index in [2.05, 4.69) is 39.9 Å². The third kappa shape index (κ3) is 2.28. The Morgan fingerprint density at radius 2 is 1.56 bits per heavy atom. The summed E-state index contributed by atoms with van der Waals surface area (Å²) in [6.45, 7) is 12.6. The first-order valence-corrected chi connectivity index (χ1v) is 6.68. The molecule has 0 aromatic rings. The van der Waals surface area contributed by atoms with Crippen molar-refractivity contribution in [3.63, 3.8) is 0 Å². The highest BCUT2D eigenvalue weighted by Gasteiger charge is 2.46. The van der Waals surface area contributed by atoms with Gasteiger partial charge in [0.2, 0.25) is 0 Å². The summed E-state index contributed by atoms with van der Waals surface area (Å²) in [7, 11) is 0. The van der Waals surface area contributed by atoms with Crippen molar-refractivity contribution in [2.45, 2.75) is 72.1 Å². The lowest BCUT2D eigenvalue weighted by Crippen LogP contribution is -2.62. The molecule has 2 nitrogen and oxygen atoms in total. The number of nitrogens with one attached hydrogen (secondary N) is 1. The molecule has 1 saturated heterocycles. The normalized spacial score (nSPS) is 36.2. The van der Waals surface area contributed by atoms with Crippen LogP contribution in [0.1, 0.15) is 60.3 Å². The quantitative estimate of drug-likeness (QED) is 0.683. The van der Waals surface area contributed by atoms with Crippen molar-refractivity contribution in [1.29, 1.82) is 0 Å². The molecule has 2 fully saturated rings. The number of ether oxygens (including phenoxy) is 1. The molecular weight excluding hydrogens is 198 g/mol. The van der Waals surface area contributed by atoms with E-state index in [0.717, 1.165) is 6.54 Å². The van der Waals surface area contributed by atoms with E-state index in [1.165, 1.54) is 25.7 Å².